The molecular formula is C12H15N5O3. The van der Waals surface area contributed by atoms with E-state index in [1.807, 2.05) is 18.2 Å². The Morgan fingerprint density at radius 2 is 2.05 bits per heavy atom. The smallest absolute Gasteiger partial charge is 0.418 e. The van der Waals surface area contributed by atoms with E-state index in [2.05, 4.69) is 27.4 Å². The van der Waals surface area contributed by atoms with Crippen LogP contribution in [0.25, 0.3) is 11.5 Å². The van der Waals surface area contributed by atoms with E-state index in [1.165, 1.54) is 11.5 Å². The number of imidazole rings is 1. The molecule has 0 aliphatic heterocycles. The summed E-state index contributed by atoms with van der Waals surface area (Å²) >= 11 is 0. The molecular weight excluding hydrogens is 262 g/mol. The maximum absolute atomic E-state index is 9.13. The van der Waals surface area contributed by atoms with E-state index in [-0.39, 0.29) is 0 Å². The highest BCUT2D eigenvalue weighted by Crippen LogP contribution is 2.08. The Morgan fingerprint density at radius 3 is 2.40 bits per heavy atom. The molecule has 0 aliphatic rings. The lowest BCUT2D eigenvalue weighted by Gasteiger charge is -1.91. The molecule has 1 amide bonds. The average Bonchev–Trinajstić information content (AvgIpc) is 3.03. The quantitative estimate of drug-likeness (QED) is 0.212. The SMILES string of the molecule is C=CC=O.NNC(=O)O.c1ccc(-c2ncc[nH]2)nc1. The van der Waals surface area contributed by atoms with E-state index in [0.29, 0.717) is 6.29 Å². The van der Waals surface area contributed by atoms with Crippen molar-refractivity contribution < 1.29 is 14.7 Å². The zero-order valence-electron chi connectivity index (χ0n) is 10.6. The molecule has 0 aliphatic carbocycles. The number of rotatable bonds is 2. The van der Waals surface area contributed by atoms with E-state index in [9.17, 15) is 0 Å². The summed E-state index contributed by atoms with van der Waals surface area (Å²) in [5, 5.41) is 7.49. The number of aromatic nitrogens is 3. The van der Waals surface area contributed by atoms with Crippen molar-refractivity contribution in [2.24, 2.45) is 5.84 Å². The lowest BCUT2D eigenvalue weighted by molar-refractivity contribution is -0.104. The van der Waals surface area contributed by atoms with Crippen LogP contribution in [0.3, 0.4) is 0 Å². The van der Waals surface area contributed by atoms with E-state index in [4.69, 9.17) is 14.7 Å². The maximum Gasteiger partial charge on any atom is 0.418 e. The molecule has 0 aromatic carbocycles. The average molecular weight is 277 g/mol. The number of aromatic amines is 1. The van der Waals surface area contributed by atoms with Gasteiger partial charge in [0, 0.05) is 18.6 Å². The van der Waals surface area contributed by atoms with Crippen LogP contribution in [0.15, 0.2) is 49.4 Å². The van der Waals surface area contributed by atoms with Gasteiger partial charge in [0.2, 0.25) is 0 Å². The first-order chi connectivity index (χ1) is 9.65. The van der Waals surface area contributed by atoms with Gasteiger partial charge in [0.1, 0.15) is 12.0 Å². The number of nitrogens with zero attached hydrogens (tertiary/aromatic N) is 2. The third-order valence-electron chi connectivity index (χ3n) is 1.63. The van der Waals surface area contributed by atoms with Crippen molar-refractivity contribution >= 4 is 12.4 Å². The number of H-pyrrole nitrogens is 1. The van der Waals surface area contributed by atoms with Crippen LogP contribution >= 0.6 is 0 Å². The molecule has 0 fully saturated rings. The Kier molecular flexibility index (Phi) is 9.44. The highest BCUT2D eigenvalue weighted by molar-refractivity contribution is 5.63. The fraction of sp³-hybridized carbons (Fsp3) is 0. The van der Waals surface area contributed by atoms with Gasteiger partial charge in [-0.15, -0.1) is 0 Å². The Balaban J connectivity index is 0.000000340. The molecule has 8 heteroatoms. The molecule has 0 saturated heterocycles. The molecule has 0 spiro atoms. The number of hydrazine groups is 1. The van der Waals surface area contributed by atoms with Gasteiger partial charge < -0.3 is 10.1 Å². The van der Waals surface area contributed by atoms with Crippen LogP contribution in [0.1, 0.15) is 0 Å². The van der Waals surface area contributed by atoms with E-state index < -0.39 is 6.09 Å². The van der Waals surface area contributed by atoms with Crippen molar-refractivity contribution in [3.8, 4) is 11.5 Å². The van der Waals surface area contributed by atoms with Crippen molar-refractivity contribution in [1.29, 1.82) is 0 Å². The minimum absolute atomic E-state index is 0.639. The van der Waals surface area contributed by atoms with Gasteiger partial charge in [-0.3, -0.25) is 15.2 Å². The van der Waals surface area contributed by atoms with Crippen LogP contribution in [-0.4, -0.2) is 32.4 Å². The van der Waals surface area contributed by atoms with Crippen LogP contribution in [0, 0.1) is 0 Å². The fourth-order valence-electron chi connectivity index (χ4n) is 0.908. The van der Waals surface area contributed by atoms with Crippen molar-refractivity contribution in [3.05, 3.63) is 49.4 Å². The van der Waals surface area contributed by atoms with Gasteiger partial charge in [-0.1, -0.05) is 12.6 Å². The van der Waals surface area contributed by atoms with Crippen molar-refractivity contribution in [3.63, 3.8) is 0 Å². The predicted molar refractivity (Wildman–Crippen MR) is 73.4 cm³/mol. The maximum atomic E-state index is 9.13. The molecule has 0 radical (unpaired) electrons. The summed E-state index contributed by atoms with van der Waals surface area (Å²) in [5.74, 6) is 5.13. The van der Waals surface area contributed by atoms with Gasteiger partial charge in [-0.2, -0.15) is 0 Å². The number of carbonyl (C=O) groups excluding carboxylic acids is 1. The van der Waals surface area contributed by atoms with Gasteiger partial charge in [-0.25, -0.2) is 15.6 Å². The van der Waals surface area contributed by atoms with Gasteiger partial charge in [0.25, 0.3) is 0 Å². The Labute approximate surface area is 115 Å². The fourth-order valence-corrected chi connectivity index (χ4v) is 0.908. The molecule has 0 bridgehead atoms. The second-order valence-corrected chi connectivity index (χ2v) is 2.97. The highest BCUT2D eigenvalue weighted by atomic mass is 16.4. The number of nitrogens with two attached hydrogens (primary N) is 1. The number of nitrogens with one attached hydrogen (secondary N) is 2. The van der Waals surface area contributed by atoms with Gasteiger partial charge in [0.15, 0.2) is 5.82 Å². The number of allylic oxidation sites excluding steroid dienone is 1. The van der Waals surface area contributed by atoms with Crippen LogP contribution in [0.5, 0.6) is 0 Å². The first-order valence-corrected chi connectivity index (χ1v) is 5.32. The number of aldehydes is 1. The summed E-state index contributed by atoms with van der Waals surface area (Å²) in [6.45, 7) is 3.11. The third-order valence-corrected chi connectivity index (χ3v) is 1.63. The van der Waals surface area contributed by atoms with E-state index >= 15 is 0 Å². The first kappa shape index (κ1) is 17.0. The zero-order valence-corrected chi connectivity index (χ0v) is 10.6. The molecule has 0 unspecified atom stereocenters. The second-order valence-electron chi connectivity index (χ2n) is 2.97. The molecule has 2 rings (SSSR count). The highest BCUT2D eigenvalue weighted by Gasteiger charge is 1.96. The lowest BCUT2D eigenvalue weighted by Crippen LogP contribution is -2.27. The standard InChI is InChI=1S/C8H7N3.C3H4O.CH4N2O2/c1-2-4-9-7(3-1)8-10-5-6-11-8;1-2-3-4;2-3-1(4)5/h1-6H,(H,10,11);2-3H,1H2;3H,2H2,(H,4,5). The van der Waals surface area contributed by atoms with E-state index in [1.54, 1.807) is 18.6 Å². The number of pyridine rings is 1. The van der Waals surface area contributed by atoms with Crippen LogP contribution in [0.4, 0.5) is 4.79 Å². The minimum Gasteiger partial charge on any atom is -0.464 e. The van der Waals surface area contributed by atoms with Crippen molar-refractivity contribution in [2.75, 3.05) is 0 Å². The normalized spacial score (nSPS) is 8.05. The summed E-state index contributed by atoms with van der Waals surface area (Å²) in [5.41, 5.74) is 2.32. The number of amides is 1. The number of hydrogen-bond acceptors (Lipinski definition) is 5. The summed E-state index contributed by atoms with van der Waals surface area (Å²) in [6, 6.07) is 5.73. The minimum atomic E-state index is -1.22. The number of hydrogen-bond donors (Lipinski definition) is 4. The number of carboxylic acid groups (broad SMARTS) is 1. The molecule has 2 heterocycles. The van der Waals surface area contributed by atoms with E-state index in [0.717, 1.165) is 11.5 Å². The largest absolute Gasteiger partial charge is 0.464 e. The molecule has 2 aromatic heterocycles. The molecule has 106 valence electrons. The second kappa shape index (κ2) is 11.1. The van der Waals surface area contributed by atoms with Crippen molar-refractivity contribution in [1.82, 2.24) is 20.4 Å². The Hall–Kier alpha value is -3.00. The molecule has 8 nitrogen and oxygen atoms in total. The zero-order chi connectivity index (χ0) is 15.2. The molecule has 0 saturated carbocycles. The monoisotopic (exact) mass is 277 g/mol. The Morgan fingerprint density at radius 1 is 1.40 bits per heavy atom. The summed E-state index contributed by atoms with van der Waals surface area (Å²) in [6.07, 6.45) is 5.86. The summed E-state index contributed by atoms with van der Waals surface area (Å²) < 4.78 is 0. The topological polar surface area (TPSA) is 134 Å². The lowest BCUT2D eigenvalue weighted by atomic mass is 10.3. The molecule has 0 atom stereocenters. The molecule has 2 aromatic rings. The number of carbonyl (C=O) groups is 2. The predicted octanol–water partition coefficient (Wildman–Crippen LogP) is 0.971. The first-order valence-electron chi connectivity index (χ1n) is 5.32. The van der Waals surface area contributed by atoms with Gasteiger partial charge >= 0.3 is 6.09 Å². The summed E-state index contributed by atoms with van der Waals surface area (Å²) in [7, 11) is 0. The summed E-state index contributed by atoms with van der Waals surface area (Å²) in [4.78, 5) is 29.4. The third kappa shape index (κ3) is 8.14. The van der Waals surface area contributed by atoms with Crippen LogP contribution in [-0.2, 0) is 4.79 Å². The Bertz CT molecular complexity index is 493. The van der Waals surface area contributed by atoms with Gasteiger partial charge in [-0.05, 0) is 18.2 Å². The molecule has 5 N–H and O–H groups in total. The van der Waals surface area contributed by atoms with Crippen LogP contribution in [0.2, 0.25) is 0 Å². The van der Waals surface area contributed by atoms with Gasteiger partial charge in [0.05, 0.1) is 0 Å². The van der Waals surface area contributed by atoms with Crippen molar-refractivity contribution in [2.45, 2.75) is 0 Å². The van der Waals surface area contributed by atoms with Crippen LogP contribution < -0.4 is 11.3 Å². The molecule has 20 heavy (non-hydrogen) atoms.